The van der Waals surface area contributed by atoms with Crippen LogP contribution in [0.4, 0.5) is 0 Å². The lowest BCUT2D eigenvalue weighted by molar-refractivity contribution is -0.132. The first-order valence-electron chi connectivity index (χ1n) is 7.14. The number of ether oxygens (including phenoxy) is 1. The number of hydrogen-bond donors (Lipinski definition) is 2. The zero-order valence-corrected chi connectivity index (χ0v) is 10.8. The average molecular weight is 253 g/mol. The Morgan fingerprint density at radius 1 is 1.22 bits per heavy atom. The van der Waals surface area contributed by atoms with Gasteiger partial charge in [-0.3, -0.25) is 10.2 Å². The maximum absolute atomic E-state index is 11.4. The maximum atomic E-state index is 11.4. The van der Waals surface area contributed by atoms with Crippen molar-refractivity contribution in [1.82, 2.24) is 10.3 Å². The van der Waals surface area contributed by atoms with E-state index < -0.39 is 0 Å². The lowest BCUT2D eigenvalue weighted by atomic mass is 10.0. The van der Waals surface area contributed by atoms with Gasteiger partial charge in [0.05, 0.1) is 6.10 Å². The second-order valence-electron chi connectivity index (χ2n) is 6.00. The fourth-order valence-electron chi connectivity index (χ4n) is 3.90. The third-order valence-electron chi connectivity index (χ3n) is 4.81. The van der Waals surface area contributed by atoms with Crippen LogP contribution in [0.2, 0.25) is 0 Å². The van der Waals surface area contributed by atoms with Crippen LogP contribution in [0.5, 0.6) is 0 Å². The first kappa shape index (κ1) is 12.4. The molecule has 102 valence electrons. The van der Waals surface area contributed by atoms with Gasteiger partial charge in [0, 0.05) is 19.6 Å². The van der Waals surface area contributed by atoms with Crippen LogP contribution in [0, 0.1) is 11.8 Å². The van der Waals surface area contributed by atoms with Crippen LogP contribution in [0.15, 0.2) is 0 Å². The van der Waals surface area contributed by atoms with E-state index in [-0.39, 0.29) is 18.1 Å². The number of rotatable bonds is 3. The summed E-state index contributed by atoms with van der Waals surface area (Å²) in [7, 11) is 0. The van der Waals surface area contributed by atoms with Crippen molar-refractivity contribution in [3.05, 3.63) is 0 Å². The van der Waals surface area contributed by atoms with Gasteiger partial charge in [0.15, 0.2) is 0 Å². The van der Waals surface area contributed by atoms with Crippen molar-refractivity contribution >= 4 is 5.91 Å². The monoisotopic (exact) mass is 253 g/mol. The van der Waals surface area contributed by atoms with E-state index in [1.807, 2.05) is 0 Å². The molecule has 0 radical (unpaired) electrons. The molecular weight excluding hydrogens is 230 g/mol. The van der Waals surface area contributed by atoms with Crippen molar-refractivity contribution in [3.8, 4) is 0 Å². The zero-order valence-electron chi connectivity index (χ0n) is 10.8. The molecule has 1 amide bonds. The Balaban J connectivity index is 1.46. The minimum Gasteiger partial charge on any atom is -0.364 e. The van der Waals surface area contributed by atoms with Crippen molar-refractivity contribution in [3.63, 3.8) is 0 Å². The predicted molar refractivity (Wildman–Crippen MR) is 67.5 cm³/mol. The molecule has 5 nitrogen and oxygen atoms in total. The summed E-state index contributed by atoms with van der Waals surface area (Å²) >= 11 is 0. The first-order chi connectivity index (χ1) is 8.76. The van der Waals surface area contributed by atoms with E-state index >= 15 is 0 Å². The standard InChI is InChI=1S/C13H23N3O2/c14-15-13(17)12-5-4-11(18-12)8-16-6-9-2-1-3-10(9)7-16/h9-12H,1-8,14H2,(H,15,17). The van der Waals surface area contributed by atoms with Gasteiger partial charge in [-0.1, -0.05) is 6.42 Å². The fraction of sp³-hybridized carbons (Fsp3) is 0.923. The van der Waals surface area contributed by atoms with E-state index in [9.17, 15) is 4.79 Å². The number of hydrogen-bond acceptors (Lipinski definition) is 4. The summed E-state index contributed by atoms with van der Waals surface area (Å²) < 4.78 is 5.76. The van der Waals surface area contributed by atoms with Crippen LogP contribution in [0.1, 0.15) is 32.1 Å². The molecule has 0 spiro atoms. The third-order valence-corrected chi connectivity index (χ3v) is 4.81. The molecule has 1 aliphatic carbocycles. The molecule has 2 saturated heterocycles. The molecule has 1 saturated carbocycles. The summed E-state index contributed by atoms with van der Waals surface area (Å²) in [6, 6.07) is 0. The zero-order chi connectivity index (χ0) is 12.5. The molecule has 2 aliphatic heterocycles. The minimum absolute atomic E-state index is 0.184. The fourth-order valence-corrected chi connectivity index (χ4v) is 3.90. The highest BCUT2D eigenvalue weighted by Gasteiger charge is 2.38. The number of carbonyl (C=O) groups is 1. The lowest BCUT2D eigenvalue weighted by Gasteiger charge is -2.21. The van der Waals surface area contributed by atoms with Crippen LogP contribution in [0.25, 0.3) is 0 Å². The highest BCUT2D eigenvalue weighted by atomic mass is 16.5. The van der Waals surface area contributed by atoms with Crippen LogP contribution >= 0.6 is 0 Å². The SMILES string of the molecule is NNC(=O)C1CCC(CN2CC3CCCC3C2)O1. The van der Waals surface area contributed by atoms with Crippen LogP contribution in [0.3, 0.4) is 0 Å². The van der Waals surface area contributed by atoms with Crippen molar-refractivity contribution in [1.29, 1.82) is 0 Å². The van der Waals surface area contributed by atoms with E-state index in [2.05, 4.69) is 10.3 Å². The van der Waals surface area contributed by atoms with E-state index in [4.69, 9.17) is 10.6 Å². The molecule has 4 unspecified atom stereocenters. The summed E-state index contributed by atoms with van der Waals surface area (Å²) in [4.78, 5) is 13.9. The Hall–Kier alpha value is -0.650. The van der Waals surface area contributed by atoms with E-state index in [0.29, 0.717) is 0 Å². The van der Waals surface area contributed by atoms with Gasteiger partial charge in [-0.2, -0.15) is 0 Å². The number of fused-ring (bicyclic) bond motifs is 1. The number of amides is 1. The average Bonchev–Trinajstić information content (AvgIpc) is 3.03. The molecule has 3 N–H and O–H groups in total. The van der Waals surface area contributed by atoms with Crippen molar-refractivity contribution in [2.24, 2.45) is 17.7 Å². The second kappa shape index (κ2) is 5.15. The summed E-state index contributed by atoms with van der Waals surface area (Å²) in [5, 5.41) is 0. The summed E-state index contributed by atoms with van der Waals surface area (Å²) in [5.41, 5.74) is 2.18. The third kappa shape index (κ3) is 2.39. The Bertz CT molecular complexity index is 311. The number of carbonyl (C=O) groups excluding carboxylic acids is 1. The van der Waals surface area contributed by atoms with Gasteiger partial charge in [0.2, 0.25) is 0 Å². The molecule has 0 aromatic heterocycles. The molecule has 18 heavy (non-hydrogen) atoms. The quantitative estimate of drug-likeness (QED) is 0.430. The molecule has 3 rings (SSSR count). The van der Waals surface area contributed by atoms with Crippen LogP contribution < -0.4 is 11.3 Å². The lowest BCUT2D eigenvalue weighted by Crippen LogP contribution is -2.40. The van der Waals surface area contributed by atoms with Gasteiger partial charge in [-0.25, -0.2) is 5.84 Å². The molecule has 5 heteroatoms. The maximum Gasteiger partial charge on any atom is 0.263 e. The predicted octanol–water partition coefficient (Wildman–Crippen LogP) is 0.256. The van der Waals surface area contributed by atoms with Gasteiger partial charge >= 0.3 is 0 Å². The molecule has 2 heterocycles. The minimum atomic E-state index is -0.331. The number of nitrogens with zero attached hydrogens (tertiary/aromatic N) is 1. The largest absolute Gasteiger partial charge is 0.364 e. The Morgan fingerprint density at radius 2 is 1.94 bits per heavy atom. The molecule has 0 aromatic carbocycles. The second-order valence-corrected chi connectivity index (χ2v) is 6.00. The summed E-state index contributed by atoms with van der Waals surface area (Å²) in [6.45, 7) is 3.46. The number of nitrogens with one attached hydrogen (secondary N) is 1. The molecule has 4 atom stereocenters. The molecule has 3 fully saturated rings. The summed E-state index contributed by atoms with van der Waals surface area (Å²) in [5.74, 6) is 6.80. The number of likely N-dealkylation sites (tertiary alicyclic amines) is 1. The molecule has 0 aromatic rings. The highest BCUT2D eigenvalue weighted by Crippen LogP contribution is 2.38. The highest BCUT2D eigenvalue weighted by molar-refractivity contribution is 5.80. The van der Waals surface area contributed by atoms with Crippen LogP contribution in [-0.4, -0.2) is 42.6 Å². The smallest absolute Gasteiger partial charge is 0.263 e. The van der Waals surface area contributed by atoms with Crippen LogP contribution in [-0.2, 0) is 9.53 Å². The van der Waals surface area contributed by atoms with Gasteiger partial charge in [0.1, 0.15) is 6.10 Å². The van der Waals surface area contributed by atoms with Gasteiger partial charge in [-0.15, -0.1) is 0 Å². The Labute approximate surface area is 108 Å². The number of hydrazine groups is 1. The normalized spacial score (nSPS) is 40.1. The van der Waals surface area contributed by atoms with E-state index in [1.165, 1.54) is 32.4 Å². The van der Waals surface area contributed by atoms with Gasteiger partial charge in [0.25, 0.3) is 5.91 Å². The summed E-state index contributed by atoms with van der Waals surface area (Å²) in [6.07, 6.45) is 5.89. The van der Waals surface area contributed by atoms with Gasteiger partial charge in [-0.05, 0) is 37.5 Å². The van der Waals surface area contributed by atoms with Crippen molar-refractivity contribution in [2.75, 3.05) is 19.6 Å². The first-order valence-corrected chi connectivity index (χ1v) is 7.14. The van der Waals surface area contributed by atoms with Gasteiger partial charge < -0.3 is 9.64 Å². The van der Waals surface area contributed by atoms with Crippen molar-refractivity contribution in [2.45, 2.75) is 44.3 Å². The Kier molecular flexibility index (Phi) is 3.54. The number of nitrogens with two attached hydrogens (primary N) is 1. The Morgan fingerprint density at radius 3 is 2.61 bits per heavy atom. The van der Waals surface area contributed by atoms with Crippen molar-refractivity contribution < 1.29 is 9.53 Å². The topological polar surface area (TPSA) is 67.6 Å². The van der Waals surface area contributed by atoms with E-state index in [1.54, 1.807) is 0 Å². The van der Waals surface area contributed by atoms with E-state index in [0.717, 1.165) is 31.2 Å². The molecular formula is C13H23N3O2. The molecule has 3 aliphatic rings. The molecule has 0 bridgehead atoms.